The first-order valence-electron chi connectivity index (χ1n) is 11.0. The van der Waals surface area contributed by atoms with Crippen molar-refractivity contribution in [2.75, 3.05) is 11.9 Å². The Morgan fingerprint density at radius 3 is 2.55 bits per heavy atom. The van der Waals surface area contributed by atoms with Crippen molar-refractivity contribution < 1.29 is 9.53 Å². The summed E-state index contributed by atoms with van der Waals surface area (Å²) < 4.78 is 7.42. The van der Waals surface area contributed by atoms with Gasteiger partial charge < -0.3 is 10.1 Å². The highest BCUT2D eigenvalue weighted by molar-refractivity contribution is 5.99. The van der Waals surface area contributed by atoms with Crippen molar-refractivity contribution in [2.24, 2.45) is 0 Å². The van der Waals surface area contributed by atoms with Crippen molar-refractivity contribution >= 4 is 11.7 Å². The van der Waals surface area contributed by atoms with Crippen molar-refractivity contribution in [3.05, 3.63) is 70.9 Å². The molecule has 0 fully saturated rings. The molecule has 2 heterocycles. The van der Waals surface area contributed by atoms with E-state index in [2.05, 4.69) is 36.5 Å². The maximum absolute atomic E-state index is 12.9. The largest absolute Gasteiger partial charge is 0.494 e. The van der Waals surface area contributed by atoms with E-state index < -0.39 is 0 Å². The molecule has 5 rings (SSSR count). The number of aromatic nitrogens is 3. The third kappa shape index (κ3) is 3.52. The molecule has 3 aromatic rings. The summed E-state index contributed by atoms with van der Waals surface area (Å²) in [6.07, 6.45) is 3.29. The monoisotopic (exact) mass is 414 g/mol. The molecule has 0 spiro atoms. The average molecular weight is 415 g/mol. The minimum atomic E-state index is -0.256. The van der Waals surface area contributed by atoms with Crippen LogP contribution in [-0.2, 0) is 11.2 Å². The van der Waals surface area contributed by atoms with E-state index in [4.69, 9.17) is 14.8 Å². The standard InChI is InChI=1S/C25H26N4O2/c1-3-16-8-10-17(11-9-16)23-22-20(6-5-7-21(22)30)26-25-27-24(28-29(23)25)18-12-14-19(15-13-18)31-4-2/h8-15,23H,3-7H2,1-2H3,(H,26,27,28). The topological polar surface area (TPSA) is 69.0 Å². The molecule has 1 unspecified atom stereocenters. The number of allylic oxidation sites excluding steroid dienone is 2. The molecule has 2 aliphatic rings. The number of hydrogen-bond acceptors (Lipinski definition) is 5. The molecule has 0 bridgehead atoms. The summed E-state index contributed by atoms with van der Waals surface area (Å²) in [6, 6.07) is 16.0. The van der Waals surface area contributed by atoms with Crippen LogP contribution in [0.5, 0.6) is 5.75 Å². The van der Waals surface area contributed by atoms with E-state index >= 15 is 0 Å². The number of ketones is 1. The van der Waals surface area contributed by atoms with E-state index in [0.29, 0.717) is 24.8 Å². The normalized spacial score (nSPS) is 17.7. The van der Waals surface area contributed by atoms with E-state index in [1.165, 1.54) is 5.56 Å². The first kappa shape index (κ1) is 19.5. The Bertz CT molecular complexity index is 1140. The fourth-order valence-electron chi connectivity index (χ4n) is 4.39. The molecule has 158 valence electrons. The Kier molecular flexibility index (Phi) is 5.06. The summed E-state index contributed by atoms with van der Waals surface area (Å²) in [4.78, 5) is 17.7. The van der Waals surface area contributed by atoms with Crippen LogP contribution in [0.15, 0.2) is 59.8 Å². The number of nitrogens with one attached hydrogen (secondary N) is 1. The maximum atomic E-state index is 12.9. The number of carbonyl (C=O) groups is 1. The van der Waals surface area contributed by atoms with Gasteiger partial charge in [0.15, 0.2) is 11.6 Å². The number of carbonyl (C=O) groups excluding carboxylic acids is 1. The summed E-state index contributed by atoms with van der Waals surface area (Å²) in [5.74, 6) is 2.34. The second kappa shape index (κ2) is 8.02. The number of rotatable bonds is 5. The number of hydrogen-bond donors (Lipinski definition) is 1. The van der Waals surface area contributed by atoms with Gasteiger partial charge in [-0.3, -0.25) is 4.79 Å². The molecule has 6 heteroatoms. The van der Waals surface area contributed by atoms with Gasteiger partial charge in [0.05, 0.1) is 6.61 Å². The Balaban J connectivity index is 1.59. The minimum absolute atomic E-state index is 0.196. The first-order valence-corrected chi connectivity index (χ1v) is 11.0. The fraction of sp³-hybridized carbons (Fsp3) is 0.320. The maximum Gasteiger partial charge on any atom is 0.226 e. The van der Waals surface area contributed by atoms with Crippen LogP contribution in [0.25, 0.3) is 11.4 Å². The van der Waals surface area contributed by atoms with Crippen LogP contribution < -0.4 is 10.1 Å². The molecular weight excluding hydrogens is 388 g/mol. The SMILES string of the molecule is CCOc1ccc(-c2nc3n(n2)C(c2ccc(CC)cc2)C2=C(CCCC2=O)N3)cc1. The van der Waals surface area contributed by atoms with Crippen LogP contribution >= 0.6 is 0 Å². The number of benzene rings is 2. The lowest BCUT2D eigenvalue weighted by Crippen LogP contribution is -2.31. The van der Waals surface area contributed by atoms with Gasteiger partial charge in [0.2, 0.25) is 5.95 Å². The molecule has 0 radical (unpaired) electrons. The van der Waals surface area contributed by atoms with Crippen LogP contribution in [0, 0.1) is 0 Å². The number of Topliss-reactive ketones (excluding diaryl/α,β-unsaturated/α-hetero) is 1. The van der Waals surface area contributed by atoms with Crippen LogP contribution in [-0.4, -0.2) is 27.2 Å². The molecule has 1 aliphatic heterocycles. The Morgan fingerprint density at radius 2 is 1.84 bits per heavy atom. The fourth-order valence-corrected chi connectivity index (χ4v) is 4.39. The van der Waals surface area contributed by atoms with Crippen molar-refractivity contribution in [3.8, 4) is 17.1 Å². The van der Waals surface area contributed by atoms with E-state index in [1.807, 2.05) is 35.9 Å². The molecule has 1 aromatic heterocycles. The van der Waals surface area contributed by atoms with E-state index in [9.17, 15) is 4.79 Å². The summed E-state index contributed by atoms with van der Waals surface area (Å²) >= 11 is 0. The molecular formula is C25H26N4O2. The van der Waals surface area contributed by atoms with E-state index in [-0.39, 0.29) is 11.8 Å². The van der Waals surface area contributed by atoms with Gasteiger partial charge in [0, 0.05) is 23.3 Å². The molecule has 31 heavy (non-hydrogen) atoms. The van der Waals surface area contributed by atoms with Crippen LogP contribution in [0.4, 0.5) is 5.95 Å². The van der Waals surface area contributed by atoms with Crippen LogP contribution in [0.1, 0.15) is 50.3 Å². The smallest absolute Gasteiger partial charge is 0.226 e. The predicted molar refractivity (Wildman–Crippen MR) is 120 cm³/mol. The highest BCUT2D eigenvalue weighted by atomic mass is 16.5. The van der Waals surface area contributed by atoms with Crippen molar-refractivity contribution in [2.45, 2.75) is 45.6 Å². The minimum Gasteiger partial charge on any atom is -0.494 e. The lowest BCUT2D eigenvalue weighted by molar-refractivity contribution is -0.116. The zero-order chi connectivity index (χ0) is 21.4. The number of anilines is 1. The molecule has 6 nitrogen and oxygen atoms in total. The Labute approximate surface area is 182 Å². The number of ether oxygens (including phenoxy) is 1. The highest BCUT2D eigenvalue weighted by Crippen LogP contribution is 2.40. The van der Waals surface area contributed by atoms with Crippen molar-refractivity contribution in [1.82, 2.24) is 14.8 Å². The van der Waals surface area contributed by atoms with Crippen LogP contribution in [0.2, 0.25) is 0 Å². The third-order valence-corrected chi connectivity index (χ3v) is 6.00. The predicted octanol–water partition coefficient (Wildman–Crippen LogP) is 4.93. The van der Waals surface area contributed by atoms with Crippen LogP contribution in [0.3, 0.4) is 0 Å². The number of fused-ring (bicyclic) bond motifs is 1. The van der Waals surface area contributed by atoms with Gasteiger partial charge >= 0.3 is 0 Å². The third-order valence-electron chi connectivity index (χ3n) is 6.00. The second-order valence-electron chi connectivity index (χ2n) is 7.95. The van der Waals surface area contributed by atoms with Gasteiger partial charge in [0.1, 0.15) is 11.8 Å². The Hall–Kier alpha value is -3.41. The highest BCUT2D eigenvalue weighted by Gasteiger charge is 2.36. The molecule has 1 aliphatic carbocycles. The van der Waals surface area contributed by atoms with Gasteiger partial charge in [-0.2, -0.15) is 4.98 Å². The zero-order valence-electron chi connectivity index (χ0n) is 17.9. The second-order valence-corrected chi connectivity index (χ2v) is 7.95. The molecule has 0 saturated heterocycles. The first-order chi connectivity index (χ1) is 15.2. The lowest BCUT2D eigenvalue weighted by atomic mass is 9.85. The van der Waals surface area contributed by atoms with E-state index in [0.717, 1.165) is 47.4 Å². The molecule has 1 atom stereocenters. The Morgan fingerprint density at radius 1 is 1.06 bits per heavy atom. The lowest BCUT2D eigenvalue weighted by Gasteiger charge is -2.32. The summed E-state index contributed by atoms with van der Waals surface area (Å²) in [5.41, 5.74) is 5.06. The molecule has 2 aromatic carbocycles. The molecule has 0 amide bonds. The molecule has 1 N–H and O–H groups in total. The molecule has 0 saturated carbocycles. The number of nitrogens with zero attached hydrogens (tertiary/aromatic N) is 3. The van der Waals surface area contributed by atoms with Crippen molar-refractivity contribution in [3.63, 3.8) is 0 Å². The summed E-state index contributed by atoms with van der Waals surface area (Å²) in [6.45, 7) is 4.74. The van der Waals surface area contributed by atoms with E-state index in [1.54, 1.807) is 0 Å². The average Bonchev–Trinajstić information content (AvgIpc) is 3.22. The summed E-state index contributed by atoms with van der Waals surface area (Å²) in [7, 11) is 0. The van der Waals surface area contributed by atoms with Gasteiger partial charge in [-0.15, -0.1) is 5.10 Å². The zero-order valence-corrected chi connectivity index (χ0v) is 17.9. The van der Waals surface area contributed by atoms with Crippen molar-refractivity contribution in [1.29, 1.82) is 0 Å². The van der Waals surface area contributed by atoms with Gasteiger partial charge in [-0.1, -0.05) is 31.2 Å². The quantitative estimate of drug-likeness (QED) is 0.641. The van der Waals surface area contributed by atoms with Gasteiger partial charge in [-0.25, -0.2) is 4.68 Å². The van der Waals surface area contributed by atoms with Gasteiger partial charge in [-0.05, 0) is 61.6 Å². The summed E-state index contributed by atoms with van der Waals surface area (Å²) in [5, 5.41) is 8.24. The number of aryl methyl sites for hydroxylation is 1. The van der Waals surface area contributed by atoms with Gasteiger partial charge in [0.25, 0.3) is 0 Å².